The van der Waals surface area contributed by atoms with Crippen molar-refractivity contribution >= 4 is 11.9 Å². The molecule has 0 unspecified atom stereocenters. The fraction of sp³-hybridized carbons (Fsp3) is 0.800. The van der Waals surface area contributed by atoms with Crippen molar-refractivity contribution in [2.45, 2.75) is 33.2 Å². The van der Waals surface area contributed by atoms with E-state index in [1.54, 1.807) is 0 Å². The number of ether oxygens (including phenoxy) is 1. The Hall–Kier alpha value is -1.06. The van der Waals surface area contributed by atoms with Gasteiger partial charge in [0.15, 0.2) is 5.78 Å². The van der Waals surface area contributed by atoms with Crippen molar-refractivity contribution in [2.75, 3.05) is 13.7 Å². The number of carbonyl (C=O) groups excluding carboxylic acids is 2. The molecular formula is C10H17NO3. The number of rotatable bonds is 1. The number of Topliss-reactive ketones (excluding diaryl/α,β-unsaturated/α-hetero) is 1. The number of likely N-dealkylation sites (tertiary alicyclic amines) is 1. The van der Waals surface area contributed by atoms with E-state index in [1.807, 2.05) is 20.8 Å². The van der Waals surface area contributed by atoms with Gasteiger partial charge in [0.25, 0.3) is 0 Å². The highest BCUT2D eigenvalue weighted by atomic mass is 16.5. The monoisotopic (exact) mass is 199 g/mol. The first-order valence-corrected chi connectivity index (χ1v) is 4.77. The summed E-state index contributed by atoms with van der Waals surface area (Å²) in [5.41, 5.74) is -0.392. The van der Waals surface area contributed by atoms with Crippen molar-refractivity contribution in [3.63, 3.8) is 0 Å². The molecule has 0 bridgehead atoms. The summed E-state index contributed by atoms with van der Waals surface area (Å²) in [6.45, 7) is 6.22. The predicted molar refractivity (Wildman–Crippen MR) is 52.0 cm³/mol. The average molecular weight is 199 g/mol. The van der Waals surface area contributed by atoms with E-state index in [2.05, 4.69) is 4.74 Å². The SMILES string of the molecule is COC(=O)N1CC[C@H]1C(=O)C(C)(C)C. The molecular weight excluding hydrogens is 182 g/mol. The van der Waals surface area contributed by atoms with Gasteiger partial charge in [-0.25, -0.2) is 4.79 Å². The maximum absolute atomic E-state index is 11.8. The Morgan fingerprint density at radius 2 is 1.93 bits per heavy atom. The Morgan fingerprint density at radius 1 is 1.36 bits per heavy atom. The summed E-state index contributed by atoms with van der Waals surface area (Å²) in [6, 6.07) is -0.276. The van der Waals surface area contributed by atoms with E-state index in [4.69, 9.17) is 0 Å². The van der Waals surface area contributed by atoms with Crippen LogP contribution in [-0.4, -0.2) is 36.5 Å². The predicted octanol–water partition coefficient (Wildman–Crippen LogP) is 1.44. The van der Waals surface area contributed by atoms with Crippen molar-refractivity contribution in [3.05, 3.63) is 0 Å². The molecule has 0 aliphatic carbocycles. The second-order valence-electron chi connectivity index (χ2n) is 4.58. The summed E-state index contributed by atoms with van der Waals surface area (Å²) in [4.78, 5) is 24.5. The van der Waals surface area contributed by atoms with Gasteiger partial charge in [0.05, 0.1) is 13.2 Å². The number of amides is 1. The van der Waals surface area contributed by atoms with E-state index < -0.39 is 11.5 Å². The van der Waals surface area contributed by atoms with Crippen molar-refractivity contribution < 1.29 is 14.3 Å². The standard InChI is InChI=1S/C10H17NO3/c1-10(2,3)8(12)7-5-6-11(7)9(13)14-4/h7H,5-6H2,1-4H3/t7-/m0/s1. The minimum atomic E-state index is -0.404. The summed E-state index contributed by atoms with van der Waals surface area (Å²) in [5.74, 6) is 0.106. The second kappa shape index (κ2) is 3.59. The van der Waals surface area contributed by atoms with E-state index in [0.717, 1.165) is 6.42 Å². The first-order chi connectivity index (χ1) is 6.38. The van der Waals surface area contributed by atoms with Crippen LogP contribution in [0.1, 0.15) is 27.2 Å². The maximum Gasteiger partial charge on any atom is 0.410 e. The van der Waals surface area contributed by atoms with Crippen LogP contribution in [0.5, 0.6) is 0 Å². The molecule has 14 heavy (non-hydrogen) atoms. The molecule has 0 aromatic rings. The largest absolute Gasteiger partial charge is 0.453 e. The van der Waals surface area contributed by atoms with Crippen LogP contribution >= 0.6 is 0 Å². The molecule has 4 heteroatoms. The van der Waals surface area contributed by atoms with Gasteiger partial charge >= 0.3 is 6.09 Å². The van der Waals surface area contributed by atoms with Crippen LogP contribution in [0.2, 0.25) is 0 Å². The molecule has 80 valence electrons. The highest BCUT2D eigenvalue weighted by molar-refractivity contribution is 5.92. The van der Waals surface area contributed by atoms with Crippen LogP contribution < -0.4 is 0 Å². The van der Waals surface area contributed by atoms with Crippen molar-refractivity contribution in [3.8, 4) is 0 Å². The van der Waals surface area contributed by atoms with Gasteiger partial charge in [0.1, 0.15) is 0 Å². The lowest BCUT2D eigenvalue weighted by Gasteiger charge is -2.41. The van der Waals surface area contributed by atoms with Gasteiger partial charge in [-0.05, 0) is 6.42 Å². The molecule has 1 rings (SSSR count). The lowest BCUT2D eigenvalue weighted by molar-refractivity contribution is -0.135. The molecule has 0 spiro atoms. The first kappa shape index (κ1) is 11.0. The van der Waals surface area contributed by atoms with Gasteiger partial charge < -0.3 is 4.74 Å². The second-order valence-corrected chi connectivity index (χ2v) is 4.58. The Bertz CT molecular complexity index is 255. The van der Waals surface area contributed by atoms with E-state index in [0.29, 0.717) is 6.54 Å². The number of carbonyl (C=O) groups is 2. The number of methoxy groups -OCH3 is 1. The Morgan fingerprint density at radius 3 is 2.21 bits per heavy atom. The fourth-order valence-corrected chi connectivity index (χ4v) is 1.50. The van der Waals surface area contributed by atoms with Crippen LogP contribution in [0.25, 0.3) is 0 Å². The molecule has 0 N–H and O–H groups in total. The third-order valence-corrected chi connectivity index (χ3v) is 2.47. The van der Waals surface area contributed by atoms with Crippen molar-refractivity contribution in [2.24, 2.45) is 5.41 Å². The molecule has 1 aliphatic rings. The molecule has 0 aromatic carbocycles. The van der Waals surface area contributed by atoms with E-state index in [9.17, 15) is 9.59 Å². The highest BCUT2D eigenvalue weighted by Crippen LogP contribution is 2.27. The number of hydrogen-bond donors (Lipinski definition) is 0. The maximum atomic E-state index is 11.8. The molecule has 4 nitrogen and oxygen atoms in total. The lowest BCUT2D eigenvalue weighted by Crippen LogP contribution is -2.57. The summed E-state index contributed by atoms with van der Waals surface area (Å²) >= 11 is 0. The summed E-state index contributed by atoms with van der Waals surface area (Å²) in [6.07, 6.45) is 0.351. The zero-order valence-electron chi connectivity index (χ0n) is 9.16. The smallest absolute Gasteiger partial charge is 0.410 e. The van der Waals surface area contributed by atoms with Gasteiger partial charge in [-0.15, -0.1) is 0 Å². The molecule has 1 amide bonds. The molecule has 0 aromatic heterocycles. The van der Waals surface area contributed by atoms with Crippen LogP contribution in [0, 0.1) is 5.41 Å². The lowest BCUT2D eigenvalue weighted by atomic mass is 9.82. The third-order valence-electron chi connectivity index (χ3n) is 2.47. The van der Waals surface area contributed by atoms with Gasteiger partial charge in [-0.3, -0.25) is 9.69 Å². The number of hydrogen-bond acceptors (Lipinski definition) is 3. The zero-order valence-corrected chi connectivity index (χ0v) is 9.16. The van der Waals surface area contributed by atoms with Crippen molar-refractivity contribution in [1.29, 1.82) is 0 Å². The van der Waals surface area contributed by atoms with Gasteiger partial charge in [-0.2, -0.15) is 0 Å². The molecule has 1 fully saturated rings. The van der Waals surface area contributed by atoms with Gasteiger partial charge in [0.2, 0.25) is 0 Å². The van der Waals surface area contributed by atoms with Crippen LogP contribution in [0.15, 0.2) is 0 Å². The van der Waals surface area contributed by atoms with E-state index in [1.165, 1.54) is 12.0 Å². The molecule has 1 aliphatic heterocycles. The summed E-state index contributed by atoms with van der Waals surface area (Å²) in [7, 11) is 1.33. The van der Waals surface area contributed by atoms with E-state index >= 15 is 0 Å². The number of nitrogens with zero attached hydrogens (tertiary/aromatic N) is 1. The molecule has 1 saturated heterocycles. The quantitative estimate of drug-likeness (QED) is 0.642. The Balaban J connectivity index is 2.64. The summed E-state index contributed by atoms with van der Waals surface area (Å²) in [5, 5.41) is 0. The van der Waals surface area contributed by atoms with Gasteiger partial charge in [-0.1, -0.05) is 20.8 Å². The van der Waals surface area contributed by atoms with E-state index in [-0.39, 0.29) is 11.8 Å². The van der Waals surface area contributed by atoms with Crippen LogP contribution in [-0.2, 0) is 9.53 Å². The summed E-state index contributed by atoms with van der Waals surface area (Å²) < 4.78 is 4.58. The molecule has 1 atom stereocenters. The Kier molecular flexibility index (Phi) is 2.83. The zero-order chi connectivity index (χ0) is 10.9. The normalized spacial score (nSPS) is 21.4. The molecule has 0 radical (unpaired) electrons. The minimum absolute atomic E-state index is 0.106. The molecule has 1 heterocycles. The van der Waals surface area contributed by atoms with Crippen LogP contribution in [0.4, 0.5) is 4.79 Å². The van der Waals surface area contributed by atoms with Gasteiger partial charge in [0, 0.05) is 12.0 Å². The first-order valence-electron chi connectivity index (χ1n) is 4.77. The third kappa shape index (κ3) is 1.89. The fourth-order valence-electron chi connectivity index (χ4n) is 1.50. The highest BCUT2D eigenvalue weighted by Gasteiger charge is 2.42. The molecule has 0 saturated carbocycles. The average Bonchev–Trinajstić information content (AvgIpc) is 2.00. The van der Waals surface area contributed by atoms with Crippen LogP contribution in [0.3, 0.4) is 0 Å². The minimum Gasteiger partial charge on any atom is -0.453 e. The Labute approximate surface area is 84.2 Å². The number of ketones is 1. The topological polar surface area (TPSA) is 46.6 Å². The van der Waals surface area contributed by atoms with Crippen molar-refractivity contribution in [1.82, 2.24) is 4.90 Å².